The molecule has 82 valence electrons. The molecule has 0 atom stereocenters. The first kappa shape index (κ1) is 10.7. The molecular weight excluding hydrogens is 230 g/mol. The average molecular weight is 238 g/mol. The summed E-state index contributed by atoms with van der Waals surface area (Å²) < 4.78 is 5.10. The Morgan fingerprint density at radius 2 is 2.25 bits per heavy atom. The molecule has 0 aliphatic carbocycles. The van der Waals surface area contributed by atoms with E-state index in [-0.39, 0.29) is 11.5 Å². The van der Waals surface area contributed by atoms with E-state index in [1.807, 2.05) is 6.92 Å². The van der Waals surface area contributed by atoms with Crippen LogP contribution in [0.15, 0.2) is 29.0 Å². The van der Waals surface area contributed by atoms with Crippen LogP contribution in [0.2, 0.25) is 5.02 Å². The van der Waals surface area contributed by atoms with Crippen molar-refractivity contribution < 1.29 is 14.3 Å². The van der Waals surface area contributed by atoms with Crippen LogP contribution < -0.4 is 0 Å². The fourth-order valence-electron chi connectivity index (χ4n) is 1.47. The summed E-state index contributed by atoms with van der Waals surface area (Å²) in [6.45, 7) is 1.83. The SMILES string of the molecule is Cc1cc(Cl)ccc1-c1ocnc1C(=O)O. The molecule has 5 heteroatoms. The normalized spacial score (nSPS) is 10.4. The molecule has 1 aromatic heterocycles. The molecular formula is C11H8ClNO3. The molecule has 4 nitrogen and oxygen atoms in total. The van der Waals surface area contributed by atoms with Crippen LogP contribution in [0.5, 0.6) is 0 Å². The molecule has 1 heterocycles. The van der Waals surface area contributed by atoms with Crippen LogP contribution in [0.25, 0.3) is 11.3 Å². The van der Waals surface area contributed by atoms with Gasteiger partial charge in [0.1, 0.15) is 0 Å². The molecule has 16 heavy (non-hydrogen) atoms. The fourth-order valence-corrected chi connectivity index (χ4v) is 1.70. The van der Waals surface area contributed by atoms with Crippen LogP contribution in [-0.2, 0) is 0 Å². The van der Waals surface area contributed by atoms with E-state index in [2.05, 4.69) is 4.98 Å². The van der Waals surface area contributed by atoms with E-state index in [1.165, 1.54) is 0 Å². The highest BCUT2D eigenvalue weighted by molar-refractivity contribution is 6.30. The van der Waals surface area contributed by atoms with Gasteiger partial charge < -0.3 is 9.52 Å². The molecule has 0 aliphatic heterocycles. The van der Waals surface area contributed by atoms with E-state index in [1.54, 1.807) is 18.2 Å². The summed E-state index contributed by atoms with van der Waals surface area (Å²) in [5.74, 6) is -0.861. The number of aromatic carboxylic acids is 1. The first-order valence-electron chi connectivity index (χ1n) is 4.53. The molecule has 1 aromatic carbocycles. The van der Waals surface area contributed by atoms with E-state index in [4.69, 9.17) is 21.1 Å². The van der Waals surface area contributed by atoms with Gasteiger partial charge >= 0.3 is 5.97 Å². The maximum absolute atomic E-state index is 10.9. The van der Waals surface area contributed by atoms with Crippen molar-refractivity contribution in [2.24, 2.45) is 0 Å². The van der Waals surface area contributed by atoms with Gasteiger partial charge in [0.05, 0.1) is 0 Å². The maximum atomic E-state index is 10.9. The van der Waals surface area contributed by atoms with Crippen molar-refractivity contribution in [3.63, 3.8) is 0 Å². The number of hydrogen-bond donors (Lipinski definition) is 1. The van der Waals surface area contributed by atoms with Crippen molar-refractivity contribution >= 4 is 17.6 Å². The standard InChI is InChI=1S/C11H8ClNO3/c1-6-4-7(12)2-3-8(6)10-9(11(14)15)13-5-16-10/h2-5H,1H3,(H,14,15). The minimum atomic E-state index is -1.11. The van der Waals surface area contributed by atoms with Crippen molar-refractivity contribution in [1.29, 1.82) is 0 Å². The molecule has 2 aromatic rings. The highest BCUT2D eigenvalue weighted by atomic mass is 35.5. The Kier molecular flexibility index (Phi) is 2.66. The second kappa shape index (κ2) is 3.98. The summed E-state index contributed by atoms with van der Waals surface area (Å²) in [5, 5.41) is 9.51. The predicted molar refractivity (Wildman–Crippen MR) is 58.6 cm³/mol. The summed E-state index contributed by atoms with van der Waals surface area (Å²) >= 11 is 5.82. The van der Waals surface area contributed by atoms with Crippen molar-refractivity contribution in [1.82, 2.24) is 4.98 Å². The first-order chi connectivity index (χ1) is 7.59. The van der Waals surface area contributed by atoms with Gasteiger partial charge in [-0.3, -0.25) is 0 Å². The van der Waals surface area contributed by atoms with Crippen LogP contribution in [0, 0.1) is 6.92 Å². The lowest BCUT2D eigenvalue weighted by Gasteiger charge is -2.03. The molecule has 0 radical (unpaired) electrons. The van der Waals surface area contributed by atoms with Gasteiger partial charge in [-0.2, -0.15) is 0 Å². The van der Waals surface area contributed by atoms with Gasteiger partial charge in [-0.05, 0) is 30.7 Å². The number of carboxylic acids is 1. The van der Waals surface area contributed by atoms with E-state index in [0.29, 0.717) is 10.6 Å². The predicted octanol–water partition coefficient (Wildman–Crippen LogP) is 3.00. The Bertz CT molecular complexity index is 548. The van der Waals surface area contributed by atoms with Crippen LogP contribution >= 0.6 is 11.6 Å². The zero-order valence-corrected chi connectivity index (χ0v) is 9.15. The van der Waals surface area contributed by atoms with Gasteiger partial charge in [-0.1, -0.05) is 11.6 Å². The van der Waals surface area contributed by atoms with E-state index in [0.717, 1.165) is 12.0 Å². The zero-order valence-electron chi connectivity index (χ0n) is 8.40. The average Bonchev–Trinajstić information content (AvgIpc) is 2.66. The van der Waals surface area contributed by atoms with Gasteiger partial charge in [-0.15, -0.1) is 0 Å². The summed E-state index contributed by atoms with van der Waals surface area (Å²) in [5.41, 5.74) is 1.43. The van der Waals surface area contributed by atoms with E-state index < -0.39 is 5.97 Å². The second-order valence-electron chi connectivity index (χ2n) is 3.29. The molecule has 0 fully saturated rings. The summed E-state index contributed by atoms with van der Waals surface area (Å²) in [6.07, 6.45) is 1.12. The second-order valence-corrected chi connectivity index (χ2v) is 3.73. The zero-order chi connectivity index (χ0) is 11.7. The Morgan fingerprint density at radius 3 is 2.88 bits per heavy atom. The number of nitrogens with zero attached hydrogens (tertiary/aromatic N) is 1. The lowest BCUT2D eigenvalue weighted by molar-refractivity contribution is 0.0691. The van der Waals surface area contributed by atoms with Gasteiger partial charge in [-0.25, -0.2) is 9.78 Å². The maximum Gasteiger partial charge on any atom is 0.358 e. The third-order valence-corrected chi connectivity index (χ3v) is 2.44. The smallest absolute Gasteiger partial charge is 0.358 e. The van der Waals surface area contributed by atoms with Gasteiger partial charge in [0.15, 0.2) is 17.8 Å². The van der Waals surface area contributed by atoms with Gasteiger partial charge in [0.2, 0.25) is 0 Å². The Labute approximate surface area is 96.5 Å². The third kappa shape index (κ3) is 1.79. The summed E-state index contributed by atoms with van der Waals surface area (Å²) in [6, 6.07) is 5.13. The molecule has 2 rings (SSSR count). The number of rotatable bonds is 2. The largest absolute Gasteiger partial charge is 0.476 e. The number of oxazole rings is 1. The molecule has 0 saturated carbocycles. The molecule has 0 bridgehead atoms. The highest BCUT2D eigenvalue weighted by Crippen LogP contribution is 2.28. The topological polar surface area (TPSA) is 63.3 Å². The van der Waals surface area contributed by atoms with E-state index >= 15 is 0 Å². The van der Waals surface area contributed by atoms with Gasteiger partial charge in [0.25, 0.3) is 0 Å². The Balaban J connectivity index is 2.59. The Hall–Kier alpha value is -1.81. The monoisotopic (exact) mass is 237 g/mol. The van der Waals surface area contributed by atoms with Crippen LogP contribution in [0.4, 0.5) is 0 Å². The van der Waals surface area contributed by atoms with Crippen molar-refractivity contribution in [3.05, 3.63) is 40.9 Å². The number of aromatic nitrogens is 1. The lowest BCUT2D eigenvalue weighted by Crippen LogP contribution is -1.99. The van der Waals surface area contributed by atoms with Crippen LogP contribution in [-0.4, -0.2) is 16.1 Å². The van der Waals surface area contributed by atoms with Crippen molar-refractivity contribution in [3.8, 4) is 11.3 Å². The minimum absolute atomic E-state index is 0.0922. The first-order valence-corrected chi connectivity index (χ1v) is 4.90. The Morgan fingerprint density at radius 1 is 1.50 bits per heavy atom. The molecule has 0 unspecified atom stereocenters. The number of benzene rings is 1. The lowest BCUT2D eigenvalue weighted by atomic mass is 10.1. The third-order valence-electron chi connectivity index (χ3n) is 2.20. The quantitative estimate of drug-likeness (QED) is 0.872. The van der Waals surface area contributed by atoms with Gasteiger partial charge in [0, 0.05) is 10.6 Å². The summed E-state index contributed by atoms with van der Waals surface area (Å²) in [7, 11) is 0. The molecule has 0 aliphatic rings. The van der Waals surface area contributed by atoms with Crippen molar-refractivity contribution in [2.75, 3.05) is 0 Å². The van der Waals surface area contributed by atoms with E-state index in [9.17, 15) is 4.79 Å². The molecule has 1 N–H and O–H groups in total. The number of hydrogen-bond acceptors (Lipinski definition) is 3. The molecule has 0 saturated heterocycles. The summed E-state index contributed by atoms with van der Waals surface area (Å²) in [4.78, 5) is 14.5. The number of halogens is 1. The number of carboxylic acid groups (broad SMARTS) is 1. The minimum Gasteiger partial charge on any atom is -0.476 e. The molecule has 0 amide bonds. The highest BCUT2D eigenvalue weighted by Gasteiger charge is 2.18. The molecule has 0 spiro atoms. The van der Waals surface area contributed by atoms with Crippen LogP contribution in [0.1, 0.15) is 16.1 Å². The van der Waals surface area contributed by atoms with Crippen molar-refractivity contribution in [2.45, 2.75) is 6.92 Å². The fraction of sp³-hybridized carbons (Fsp3) is 0.0909. The van der Waals surface area contributed by atoms with Crippen LogP contribution in [0.3, 0.4) is 0 Å². The number of aryl methyl sites for hydroxylation is 1. The number of carbonyl (C=O) groups is 1.